The third kappa shape index (κ3) is 4.47. The predicted octanol–water partition coefficient (Wildman–Crippen LogP) is 2.06. The second kappa shape index (κ2) is 8.67. The second-order valence-corrected chi connectivity index (χ2v) is 7.93. The van der Waals surface area contributed by atoms with Crippen LogP contribution in [0.15, 0.2) is 47.3 Å². The predicted molar refractivity (Wildman–Crippen MR) is 118 cm³/mol. The van der Waals surface area contributed by atoms with Gasteiger partial charge in [0.25, 0.3) is 5.56 Å². The molecule has 1 aromatic carbocycles. The van der Waals surface area contributed by atoms with Crippen LogP contribution in [0.3, 0.4) is 0 Å². The third-order valence-electron chi connectivity index (χ3n) is 5.64. The Labute approximate surface area is 179 Å². The van der Waals surface area contributed by atoms with Gasteiger partial charge >= 0.3 is 0 Å². The highest BCUT2D eigenvalue weighted by molar-refractivity contribution is 5.93. The maximum Gasteiger partial charge on any atom is 0.274 e. The van der Waals surface area contributed by atoms with E-state index in [2.05, 4.69) is 15.4 Å². The molecule has 0 aliphatic carbocycles. The van der Waals surface area contributed by atoms with Gasteiger partial charge < -0.3 is 10.2 Å². The minimum absolute atomic E-state index is 0.0857. The molecule has 0 bridgehead atoms. The highest BCUT2D eigenvalue weighted by Gasteiger charge is 2.29. The zero-order valence-electron chi connectivity index (χ0n) is 17.7. The molecule has 2 aromatic heterocycles. The zero-order chi connectivity index (χ0) is 22.0. The molecule has 3 aromatic rings. The summed E-state index contributed by atoms with van der Waals surface area (Å²) >= 11 is 0. The molecule has 1 fully saturated rings. The summed E-state index contributed by atoms with van der Waals surface area (Å²) in [6.07, 6.45) is 1.57. The largest absolute Gasteiger partial charge is 0.342 e. The van der Waals surface area contributed by atoms with E-state index in [1.807, 2.05) is 31.2 Å². The lowest BCUT2D eigenvalue weighted by Gasteiger charge is -2.32. The molecule has 8 heteroatoms. The minimum Gasteiger partial charge on any atom is -0.342 e. The molecule has 31 heavy (non-hydrogen) atoms. The van der Waals surface area contributed by atoms with Crippen molar-refractivity contribution in [2.24, 2.45) is 13.0 Å². The number of carbonyl (C=O) groups excluding carboxylic acids is 2. The Morgan fingerprint density at radius 1 is 1.13 bits per heavy atom. The number of nitrogens with one attached hydrogen (secondary N) is 1. The number of carbonyl (C=O) groups is 2. The summed E-state index contributed by atoms with van der Waals surface area (Å²) in [6.45, 7) is 2.84. The molecule has 3 heterocycles. The van der Waals surface area contributed by atoms with Crippen LogP contribution < -0.4 is 10.9 Å². The first-order chi connectivity index (χ1) is 14.9. The van der Waals surface area contributed by atoms with Crippen molar-refractivity contribution >= 4 is 28.4 Å². The van der Waals surface area contributed by atoms with E-state index in [1.54, 1.807) is 30.1 Å². The Balaban J connectivity index is 1.47. The molecule has 160 valence electrons. The molecular formula is C23H25N5O3. The Kier molecular flexibility index (Phi) is 5.79. The number of piperidine rings is 1. The number of aromatic nitrogens is 3. The number of pyridine rings is 1. The fourth-order valence-corrected chi connectivity index (χ4v) is 4.02. The van der Waals surface area contributed by atoms with Gasteiger partial charge in [-0.25, -0.2) is 9.67 Å². The topological polar surface area (TPSA) is 97.2 Å². The van der Waals surface area contributed by atoms with Crippen molar-refractivity contribution in [2.75, 3.05) is 18.4 Å². The van der Waals surface area contributed by atoms with Crippen molar-refractivity contribution in [2.45, 2.75) is 26.2 Å². The molecule has 1 atom stereocenters. The van der Waals surface area contributed by atoms with Crippen LogP contribution in [-0.2, 0) is 23.1 Å². The molecule has 4 rings (SSSR count). The summed E-state index contributed by atoms with van der Waals surface area (Å²) < 4.78 is 1.27. The monoisotopic (exact) mass is 419 g/mol. The lowest BCUT2D eigenvalue weighted by atomic mass is 9.96. The van der Waals surface area contributed by atoms with Gasteiger partial charge in [-0.1, -0.05) is 24.3 Å². The van der Waals surface area contributed by atoms with Crippen LogP contribution in [-0.4, -0.2) is 44.6 Å². The summed E-state index contributed by atoms with van der Waals surface area (Å²) in [4.78, 5) is 44.1. The van der Waals surface area contributed by atoms with E-state index < -0.39 is 0 Å². The van der Waals surface area contributed by atoms with Crippen LogP contribution in [0.25, 0.3) is 10.8 Å². The standard InChI is InChI=1S/C23H25N5O3/c1-15-7-5-11-20(24-15)25-22(30)16-8-6-12-28(14-16)21(29)13-19-17-9-3-4-10-18(17)23(31)27(2)26-19/h3-5,7,9-11,16H,6,8,12-14H2,1-2H3,(H,24,25,30). The number of amides is 2. The average Bonchev–Trinajstić information content (AvgIpc) is 2.77. The number of benzene rings is 1. The lowest BCUT2D eigenvalue weighted by molar-refractivity contribution is -0.134. The molecule has 1 N–H and O–H groups in total. The van der Waals surface area contributed by atoms with Crippen LogP contribution in [0.4, 0.5) is 5.82 Å². The smallest absolute Gasteiger partial charge is 0.274 e. The highest BCUT2D eigenvalue weighted by Crippen LogP contribution is 2.20. The summed E-state index contributed by atoms with van der Waals surface area (Å²) in [7, 11) is 1.59. The lowest BCUT2D eigenvalue weighted by Crippen LogP contribution is -2.44. The van der Waals surface area contributed by atoms with Crippen molar-refractivity contribution in [3.63, 3.8) is 0 Å². The Hall–Kier alpha value is -3.55. The summed E-state index contributed by atoms with van der Waals surface area (Å²) in [5.74, 6) is 0.0166. The first-order valence-electron chi connectivity index (χ1n) is 10.4. The zero-order valence-corrected chi connectivity index (χ0v) is 17.7. The van der Waals surface area contributed by atoms with E-state index in [0.29, 0.717) is 35.4 Å². The number of anilines is 1. The second-order valence-electron chi connectivity index (χ2n) is 7.93. The number of rotatable bonds is 4. The van der Waals surface area contributed by atoms with Crippen molar-refractivity contribution in [1.82, 2.24) is 19.7 Å². The van der Waals surface area contributed by atoms with Crippen LogP contribution in [0.5, 0.6) is 0 Å². The number of hydrogen-bond acceptors (Lipinski definition) is 5. The van der Waals surface area contributed by atoms with Crippen molar-refractivity contribution in [3.05, 3.63) is 64.2 Å². The molecule has 0 radical (unpaired) electrons. The number of aryl methyl sites for hydroxylation is 2. The van der Waals surface area contributed by atoms with Gasteiger partial charge in [0.1, 0.15) is 5.82 Å². The van der Waals surface area contributed by atoms with E-state index in [1.165, 1.54) is 4.68 Å². The van der Waals surface area contributed by atoms with E-state index in [9.17, 15) is 14.4 Å². The fraction of sp³-hybridized carbons (Fsp3) is 0.348. The summed E-state index contributed by atoms with van der Waals surface area (Å²) in [5.41, 5.74) is 1.21. The summed E-state index contributed by atoms with van der Waals surface area (Å²) in [5, 5.41) is 8.42. The van der Waals surface area contributed by atoms with E-state index in [0.717, 1.165) is 18.5 Å². The maximum atomic E-state index is 13.0. The molecule has 0 spiro atoms. The van der Waals surface area contributed by atoms with Crippen LogP contribution >= 0.6 is 0 Å². The average molecular weight is 419 g/mol. The molecule has 2 amide bonds. The van der Waals surface area contributed by atoms with Crippen molar-refractivity contribution < 1.29 is 9.59 Å². The van der Waals surface area contributed by atoms with E-state index in [-0.39, 0.29) is 29.7 Å². The van der Waals surface area contributed by atoms with Crippen molar-refractivity contribution in [1.29, 1.82) is 0 Å². The highest BCUT2D eigenvalue weighted by atomic mass is 16.2. The fourth-order valence-electron chi connectivity index (χ4n) is 4.02. The van der Waals surface area contributed by atoms with E-state index in [4.69, 9.17) is 0 Å². The van der Waals surface area contributed by atoms with Crippen LogP contribution in [0.2, 0.25) is 0 Å². The molecule has 1 unspecified atom stereocenters. The van der Waals surface area contributed by atoms with Gasteiger partial charge in [0, 0.05) is 31.2 Å². The molecular weight excluding hydrogens is 394 g/mol. The molecule has 8 nitrogen and oxygen atoms in total. The van der Waals surface area contributed by atoms with Crippen LogP contribution in [0, 0.1) is 12.8 Å². The third-order valence-corrected chi connectivity index (χ3v) is 5.64. The number of nitrogens with zero attached hydrogens (tertiary/aromatic N) is 4. The molecule has 0 saturated carbocycles. The van der Waals surface area contributed by atoms with Gasteiger partial charge in [-0.15, -0.1) is 0 Å². The minimum atomic E-state index is -0.287. The Morgan fingerprint density at radius 2 is 1.90 bits per heavy atom. The number of fused-ring (bicyclic) bond motifs is 1. The Bertz CT molecular complexity index is 1200. The van der Waals surface area contributed by atoms with Gasteiger partial charge in [0.2, 0.25) is 11.8 Å². The molecule has 1 aliphatic rings. The van der Waals surface area contributed by atoms with Gasteiger partial charge in [0.15, 0.2) is 0 Å². The molecule has 1 aliphatic heterocycles. The number of likely N-dealkylation sites (tertiary alicyclic amines) is 1. The Morgan fingerprint density at radius 3 is 2.68 bits per heavy atom. The van der Waals surface area contributed by atoms with Gasteiger partial charge in [-0.2, -0.15) is 5.10 Å². The van der Waals surface area contributed by atoms with Crippen molar-refractivity contribution in [3.8, 4) is 0 Å². The summed E-state index contributed by atoms with van der Waals surface area (Å²) in [6, 6.07) is 12.7. The normalized spacial score (nSPS) is 16.3. The quantitative estimate of drug-likeness (QED) is 0.698. The molecule has 1 saturated heterocycles. The number of hydrogen-bond donors (Lipinski definition) is 1. The van der Waals surface area contributed by atoms with Gasteiger partial charge in [-0.3, -0.25) is 14.4 Å². The van der Waals surface area contributed by atoms with Gasteiger partial charge in [-0.05, 0) is 38.0 Å². The first-order valence-corrected chi connectivity index (χ1v) is 10.4. The van der Waals surface area contributed by atoms with Crippen LogP contribution in [0.1, 0.15) is 24.2 Å². The van der Waals surface area contributed by atoms with Gasteiger partial charge in [0.05, 0.1) is 23.4 Å². The van der Waals surface area contributed by atoms with E-state index >= 15 is 0 Å². The first kappa shape index (κ1) is 20.7. The SMILES string of the molecule is Cc1cccc(NC(=O)C2CCCN(C(=O)Cc3nn(C)c(=O)c4ccccc34)C2)n1. The maximum absolute atomic E-state index is 13.0.